The second-order valence-electron chi connectivity index (χ2n) is 3.67. The highest BCUT2D eigenvalue weighted by atomic mass is 35.5. The van der Waals surface area contributed by atoms with E-state index in [1.807, 2.05) is 23.9 Å². The maximum atomic E-state index is 5.89. The number of anilines is 2. The Labute approximate surface area is 101 Å². The quantitative estimate of drug-likeness (QED) is 0.781. The molecule has 0 spiro atoms. The minimum Gasteiger partial charge on any atom is -0.397 e. The molecule has 0 fully saturated rings. The molecule has 15 heavy (non-hydrogen) atoms. The van der Waals surface area contributed by atoms with E-state index < -0.39 is 0 Å². The Morgan fingerprint density at radius 1 is 1.53 bits per heavy atom. The fourth-order valence-corrected chi connectivity index (χ4v) is 2.17. The normalized spacial score (nSPS) is 12.5. The highest BCUT2D eigenvalue weighted by Crippen LogP contribution is 2.23. The first kappa shape index (κ1) is 12.5. The summed E-state index contributed by atoms with van der Waals surface area (Å²) >= 11 is 7.75. The summed E-state index contributed by atoms with van der Waals surface area (Å²) in [6.45, 7) is 3.13. The first-order valence-electron chi connectivity index (χ1n) is 4.91. The van der Waals surface area contributed by atoms with Crippen LogP contribution in [0.25, 0.3) is 0 Å². The summed E-state index contributed by atoms with van der Waals surface area (Å²) in [5.41, 5.74) is 7.50. The van der Waals surface area contributed by atoms with E-state index in [4.69, 9.17) is 17.3 Å². The molecule has 0 bridgehead atoms. The van der Waals surface area contributed by atoms with Gasteiger partial charge in [0.2, 0.25) is 0 Å². The van der Waals surface area contributed by atoms with Crippen molar-refractivity contribution in [3.8, 4) is 0 Å². The standard InChI is InChI=1S/C11H17ClN2S/c1-8(7-15-2)6-14-11-5-9(12)3-4-10(11)13/h3-5,8,14H,6-7,13H2,1-2H3. The van der Waals surface area contributed by atoms with Crippen LogP contribution in [0.2, 0.25) is 5.02 Å². The largest absolute Gasteiger partial charge is 0.397 e. The molecule has 0 aliphatic carbocycles. The van der Waals surface area contributed by atoms with Gasteiger partial charge in [-0.25, -0.2) is 0 Å². The Bertz CT molecular complexity index is 317. The molecule has 3 N–H and O–H groups in total. The minimum absolute atomic E-state index is 0.624. The summed E-state index contributed by atoms with van der Waals surface area (Å²) in [6.07, 6.45) is 2.12. The summed E-state index contributed by atoms with van der Waals surface area (Å²) in [6, 6.07) is 5.49. The zero-order chi connectivity index (χ0) is 11.3. The van der Waals surface area contributed by atoms with E-state index in [0.717, 1.165) is 23.7 Å². The second kappa shape index (κ2) is 6.13. The molecule has 1 aromatic rings. The average Bonchev–Trinajstić information content (AvgIpc) is 2.20. The lowest BCUT2D eigenvalue weighted by molar-refractivity contribution is 0.702. The first-order chi connectivity index (χ1) is 7.13. The average molecular weight is 245 g/mol. The highest BCUT2D eigenvalue weighted by molar-refractivity contribution is 7.98. The molecule has 0 heterocycles. The van der Waals surface area contributed by atoms with Gasteiger partial charge in [-0.05, 0) is 36.1 Å². The van der Waals surface area contributed by atoms with Crippen LogP contribution in [0.3, 0.4) is 0 Å². The summed E-state index contributed by atoms with van der Waals surface area (Å²) in [7, 11) is 0. The molecule has 0 saturated heterocycles. The molecule has 1 unspecified atom stereocenters. The van der Waals surface area contributed by atoms with E-state index in [-0.39, 0.29) is 0 Å². The van der Waals surface area contributed by atoms with Gasteiger partial charge in [0.25, 0.3) is 0 Å². The Hall–Kier alpha value is -0.540. The summed E-state index contributed by atoms with van der Waals surface area (Å²) in [5, 5.41) is 4.03. The van der Waals surface area contributed by atoms with Gasteiger partial charge in [0.1, 0.15) is 0 Å². The third kappa shape index (κ3) is 4.22. The molecule has 0 saturated carbocycles. The molecule has 1 rings (SSSR count). The number of nitrogens with two attached hydrogens (primary N) is 1. The predicted octanol–water partition coefficient (Wildman–Crippen LogP) is 3.33. The van der Waals surface area contributed by atoms with Gasteiger partial charge in [0.15, 0.2) is 0 Å². The molecule has 4 heteroatoms. The summed E-state index contributed by atoms with van der Waals surface area (Å²) < 4.78 is 0. The third-order valence-electron chi connectivity index (χ3n) is 2.11. The molecule has 1 aromatic carbocycles. The van der Waals surface area contributed by atoms with Crippen molar-refractivity contribution in [3.05, 3.63) is 23.2 Å². The molecule has 1 atom stereocenters. The summed E-state index contributed by atoms with van der Waals surface area (Å²) in [4.78, 5) is 0. The Balaban J connectivity index is 2.53. The van der Waals surface area contributed by atoms with E-state index in [1.54, 1.807) is 6.07 Å². The van der Waals surface area contributed by atoms with Crippen LogP contribution < -0.4 is 11.1 Å². The van der Waals surface area contributed by atoms with Crippen LogP contribution in [-0.2, 0) is 0 Å². The molecule has 0 radical (unpaired) electrons. The van der Waals surface area contributed by atoms with Crippen LogP contribution in [0.1, 0.15) is 6.92 Å². The van der Waals surface area contributed by atoms with Crippen molar-refractivity contribution in [2.75, 3.05) is 29.6 Å². The van der Waals surface area contributed by atoms with E-state index >= 15 is 0 Å². The Morgan fingerprint density at radius 3 is 2.93 bits per heavy atom. The number of nitrogen functional groups attached to an aromatic ring is 1. The second-order valence-corrected chi connectivity index (χ2v) is 5.02. The smallest absolute Gasteiger partial charge is 0.0588 e. The Kier molecular flexibility index (Phi) is 5.12. The predicted molar refractivity (Wildman–Crippen MR) is 71.9 cm³/mol. The van der Waals surface area contributed by atoms with E-state index in [2.05, 4.69) is 18.5 Å². The van der Waals surface area contributed by atoms with E-state index in [0.29, 0.717) is 10.9 Å². The van der Waals surface area contributed by atoms with Gasteiger partial charge in [0.05, 0.1) is 11.4 Å². The summed E-state index contributed by atoms with van der Waals surface area (Å²) in [5.74, 6) is 1.77. The third-order valence-corrected chi connectivity index (χ3v) is 3.24. The van der Waals surface area contributed by atoms with Crippen molar-refractivity contribution in [1.29, 1.82) is 0 Å². The molecule has 0 aromatic heterocycles. The lowest BCUT2D eigenvalue weighted by Crippen LogP contribution is -2.14. The number of benzene rings is 1. The molecule has 0 aliphatic heterocycles. The van der Waals surface area contributed by atoms with Crippen molar-refractivity contribution >= 4 is 34.7 Å². The lowest BCUT2D eigenvalue weighted by atomic mass is 10.2. The molecular weight excluding hydrogens is 228 g/mol. The maximum Gasteiger partial charge on any atom is 0.0588 e. The number of nitrogens with one attached hydrogen (secondary N) is 1. The van der Waals surface area contributed by atoms with Gasteiger partial charge in [-0.1, -0.05) is 18.5 Å². The lowest BCUT2D eigenvalue weighted by Gasteiger charge is -2.14. The van der Waals surface area contributed by atoms with Gasteiger partial charge in [-0.2, -0.15) is 11.8 Å². The van der Waals surface area contributed by atoms with Gasteiger partial charge in [-0.3, -0.25) is 0 Å². The maximum absolute atomic E-state index is 5.89. The number of thioether (sulfide) groups is 1. The monoisotopic (exact) mass is 244 g/mol. The minimum atomic E-state index is 0.624. The molecule has 0 amide bonds. The van der Waals surface area contributed by atoms with Crippen LogP contribution in [0.4, 0.5) is 11.4 Å². The van der Waals surface area contributed by atoms with E-state index in [9.17, 15) is 0 Å². The molecular formula is C11H17ClN2S. The van der Waals surface area contributed by atoms with Crippen LogP contribution >= 0.6 is 23.4 Å². The van der Waals surface area contributed by atoms with Crippen molar-refractivity contribution < 1.29 is 0 Å². The van der Waals surface area contributed by atoms with Gasteiger partial charge in [-0.15, -0.1) is 0 Å². The van der Waals surface area contributed by atoms with Crippen LogP contribution in [0.5, 0.6) is 0 Å². The molecule has 84 valence electrons. The van der Waals surface area contributed by atoms with Gasteiger partial charge in [0, 0.05) is 11.6 Å². The highest BCUT2D eigenvalue weighted by Gasteiger charge is 2.03. The topological polar surface area (TPSA) is 38.0 Å². The van der Waals surface area contributed by atoms with Crippen molar-refractivity contribution in [2.24, 2.45) is 5.92 Å². The SMILES string of the molecule is CSCC(C)CNc1cc(Cl)ccc1N. The van der Waals surface area contributed by atoms with Crippen molar-refractivity contribution in [3.63, 3.8) is 0 Å². The fraction of sp³-hybridized carbons (Fsp3) is 0.455. The number of hydrogen-bond acceptors (Lipinski definition) is 3. The van der Waals surface area contributed by atoms with Gasteiger partial charge < -0.3 is 11.1 Å². The first-order valence-corrected chi connectivity index (χ1v) is 6.68. The Morgan fingerprint density at radius 2 is 2.27 bits per heavy atom. The van der Waals surface area contributed by atoms with Crippen LogP contribution in [0, 0.1) is 5.92 Å². The van der Waals surface area contributed by atoms with Crippen LogP contribution in [0.15, 0.2) is 18.2 Å². The zero-order valence-electron chi connectivity index (χ0n) is 9.09. The van der Waals surface area contributed by atoms with Crippen molar-refractivity contribution in [1.82, 2.24) is 0 Å². The van der Waals surface area contributed by atoms with Crippen molar-refractivity contribution in [2.45, 2.75) is 6.92 Å². The number of rotatable bonds is 5. The fourth-order valence-electron chi connectivity index (χ4n) is 1.31. The molecule has 2 nitrogen and oxygen atoms in total. The van der Waals surface area contributed by atoms with Gasteiger partial charge >= 0.3 is 0 Å². The van der Waals surface area contributed by atoms with Crippen LogP contribution in [-0.4, -0.2) is 18.6 Å². The van der Waals surface area contributed by atoms with E-state index in [1.165, 1.54) is 0 Å². The molecule has 0 aliphatic rings. The number of hydrogen-bond donors (Lipinski definition) is 2. The zero-order valence-corrected chi connectivity index (χ0v) is 10.7. The number of halogens is 1.